The van der Waals surface area contributed by atoms with Gasteiger partial charge >= 0.3 is 0 Å². The van der Waals surface area contributed by atoms with Crippen LogP contribution in [0.4, 0.5) is 5.69 Å². The fraction of sp³-hybridized carbons (Fsp3) is 0.462. The minimum absolute atomic E-state index is 0.0712. The molecule has 7 heteroatoms. The fourth-order valence-electron chi connectivity index (χ4n) is 1.90. The van der Waals surface area contributed by atoms with Crippen molar-refractivity contribution in [1.29, 1.82) is 0 Å². The van der Waals surface area contributed by atoms with Gasteiger partial charge in [-0.25, -0.2) is 4.98 Å². The number of hydrogen-bond donors (Lipinski definition) is 2. The lowest BCUT2D eigenvalue weighted by Crippen LogP contribution is -2.23. The first kappa shape index (κ1) is 14.1. The molecule has 20 heavy (non-hydrogen) atoms. The van der Waals surface area contributed by atoms with Crippen LogP contribution in [0.25, 0.3) is 0 Å². The molecule has 1 amide bonds. The van der Waals surface area contributed by atoms with Crippen LogP contribution in [0.1, 0.15) is 19.2 Å². The van der Waals surface area contributed by atoms with E-state index in [1.54, 1.807) is 17.9 Å². The van der Waals surface area contributed by atoms with Gasteiger partial charge in [0.2, 0.25) is 5.91 Å². The number of nitrogens with one attached hydrogen (secondary N) is 2. The first-order valence-corrected chi connectivity index (χ1v) is 6.70. The van der Waals surface area contributed by atoms with Crippen molar-refractivity contribution in [1.82, 2.24) is 24.6 Å². The summed E-state index contributed by atoms with van der Waals surface area (Å²) in [5.74, 6) is 0.920. The molecule has 108 valence electrons. The van der Waals surface area contributed by atoms with Gasteiger partial charge in [0.25, 0.3) is 0 Å². The van der Waals surface area contributed by atoms with Gasteiger partial charge in [-0.1, -0.05) is 6.92 Å². The quantitative estimate of drug-likeness (QED) is 0.786. The first-order valence-electron chi connectivity index (χ1n) is 6.70. The minimum Gasteiger partial charge on any atom is -0.375 e. The van der Waals surface area contributed by atoms with E-state index in [9.17, 15) is 4.79 Å². The molecule has 0 aliphatic carbocycles. The van der Waals surface area contributed by atoms with Crippen LogP contribution in [0.5, 0.6) is 0 Å². The molecule has 0 aromatic carbocycles. The predicted molar refractivity (Wildman–Crippen MR) is 76.1 cm³/mol. The Labute approximate surface area is 118 Å². The Morgan fingerprint density at radius 1 is 1.45 bits per heavy atom. The zero-order chi connectivity index (χ0) is 14.4. The molecular weight excluding hydrogens is 256 g/mol. The number of aromatic nitrogens is 4. The summed E-state index contributed by atoms with van der Waals surface area (Å²) in [6.45, 7) is 3.97. The Bertz CT molecular complexity index is 559. The highest BCUT2D eigenvalue weighted by molar-refractivity contribution is 5.75. The molecule has 0 aliphatic rings. The molecule has 2 N–H and O–H groups in total. The second kappa shape index (κ2) is 6.74. The Hall–Kier alpha value is -2.31. The Kier molecular flexibility index (Phi) is 4.75. The van der Waals surface area contributed by atoms with Crippen LogP contribution in [0.15, 0.2) is 24.8 Å². The third-order valence-corrected chi connectivity index (χ3v) is 2.93. The number of hydrogen-bond acceptors (Lipinski definition) is 4. The maximum atomic E-state index is 11.2. The number of likely N-dealkylation sites (N-methyl/N-ethyl adjacent to an activating group) is 1. The molecule has 2 heterocycles. The van der Waals surface area contributed by atoms with Crippen molar-refractivity contribution in [2.75, 3.05) is 12.4 Å². The summed E-state index contributed by atoms with van der Waals surface area (Å²) < 4.78 is 3.72. The van der Waals surface area contributed by atoms with Crippen molar-refractivity contribution >= 4 is 11.6 Å². The average Bonchev–Trinajstić information content (AvgIpc) is 3.06. The number of carbonyl (C=O) groups is 1. The number of anilines is 1. The third-order valence-electron chi connectivity index (χ3n) is 2.93. The third kappa shape index (κ3) is 3.59. The molecule has 2 rings (SSSR count). The Morgan fingerprint density at radius 3 is 3.05 bits per heavy atom. The highest BCUT2D eigenvalue weighted by Crippen LogP contribution is 2.07. The second-order valence-corrected chi connectivity index (χ2v) is 4.49. The predicted octanol–water partition coefficient (Wildman–Crippen LogP) is 0.848. The van der Waals surface area contributed by atoms with Crippen LogP contribution in [0.2, 0.25) is 0 Å². The maximum absolute atomic E-state index is 11.2. The molecule has 0 saturated carbocycles. The topological polar surface area (TPSA) is 76.8 Å². The van der Waals surface area contributed by atoms with E-state index in [0.717, 1.165) is 24.5 Å². The van der Waals surface area contributed by atoms with Crippen LogP contribution < -0.4 is 10.6 Å². The molecule has 0 saturated heterocycles. The SMILES string of the molecule is CCCn1ccnc1CNc1cnn(CC(=O)NC)c1. The summed E-state index contributed by atoms with van der Waals surface area (Å²) in [6.07, 6.45) is 8.38. The zero-order valence-corrected chi connectivity index (χ0v) is 11.8. The van der Waals surface area contributed by atoms with Crippen LogP contribution in [0.3, 0.4) is 0 Å². The zero-order valence-electron chi connectivity index (χ0n) is 11.8. The van der Waals surface area contributed by atoms with Crippen molar-refractivity contribution in [3.63, 3.8) is 0 Å². The van der Waals surface area contributed by atoms with Gasteiger partial charge in [0.05, 0.1) is 18.4 Å². The molecule has 0 fully saturated rings. The lowest BCUT2D eigenvalue weighted by Gasteiger charge is -2.07. The summed E-state index contributed by atoms with van der Waals surface area (Å²) >= 11 is 0. The summed E-state index contributed by atoms with van der Waals surface area (Å²) in [7, 11) is 1.61. The summed E-state index contributed by atoms with van der Waals surface area (Å²) in [4.78, 5) is 15.6. The second-order valence-electron chi connectivity index (χ2n) is 4.49. The first-order chi connectivity index (χ1) is 9.72. The highest BCUT2D eigenvalue weighted by Gasteiger charge is 2.05. The summed E-state index contributed by atoms with van der Waals surface area (Å²) in [5, 5.41) is 9.95. The van der Waals surface area contributed by atoms with Crippen molar-refractivity contribution in [3.8, 4) is 0 Å². The Balaban J connectivity index is 1.90. The molecule has 2 aromatic heterocycles. The number of aryl methyl sites for hydroxylation is 1. The van der Waals surface area contributed by atoms with E-state index < -0.39 is 0 Å². The monoisotopic (exact) mass is 276 g/mol. The molecule has 2 aromatic rings. The van der Waals surface area contributed by atoms with Gasteiger partial charge in [-0.2, -0.15) is 5.10 Å². The lowest BCUT2D eigenvalue weighted by atomic mass is 10.4. The van der Waals surface area contributed by atoms with E-state index in [-0.39, 0.29) is 12.5 Å². The van der Waals surface area contributed by atoms with E-state index in [2.05, 4.69) is 32.2 Å². The fourth-order valence-corrected chi connectivity index (χ4v) is 1.90. The van der Waals surface area contributed by atoms with Gasteiger partial charge in [-0.15, -0.1) is 0 Å². The number of carbonyl (C=O) groups excluding carboxylic acids is 1. The smallest absolute Gasteiger partial charge is 0.241 e. The van der Waals surface area contributed by atoms with Crippen molar-refractivity contribution in [2.24, 2.45) is 0 Å². The van der Waals surface area contributed by atoms with Gasteiger partial charge in [0.1, 0.15) is 12.4 Å². The molecule has 0 atom stereocenters. The normalized spacial score (nSPS) is 10.5. The van der Waals surface area contributed by atoms with Gasteiger partial charge in [-0.3, -0.25) is 9.48 Å². The van der Waals surface area contributed by atoms with E-state index in [1.807, 2.05) is 18.6 Å². The molecule has 0 unspecified atom stereocenters. The average molecular weight is 276 g/mol. The number of nitrogens with zero attached hydrogens (tertiary/aromatic N) is 4. The van der Waals surface area contributed by atoms with Crippen molar-refractivity contribution < 1.29 is 4.79 Å². The van der Waals surface area contributed by atoms with Crippen LogP contribution in [0, 0.1) is 0 Å². The minimum atomic E-state index is -0.0712. The number of amides is 1. The van der Waals surface area contributed by atoms with E-state index in [4.69, 9.17) is 0 Å². The molecular formula is C13H20N6O. The lowest BCUT2D eigenvalue weighted by molar-refractivity contribution is -0.121. The molecule has 0 bridgehead atoms. The van der Waals surface area contributed by atoms with Crippen molar-refractivity contribution in [3.05, 3.63) is 30.6 Å². The van der Waals surface area contributed by atoms with E-state index in [1.165, 1.54) is 0 Å². The van der Waals surface area contributed by atoms with Crippen LogP contribution >= 0.6 is 0 Å². The molecule has 7 nitrogen and oxygen atoms in total. The van der Waals surface area contributed by atoms with E-state index in [0.29, 0.717) is 6.54 Å². The van der Waals surface area contributed by atoms with Gasteiger partial charge in [-0.05, 0) is 6.42 Å². The summed E-state index contributed by atoms with van der Waals surface area (Å²) in [6, 6.07) is 0. The van der Waals surface area contributed by atoms with E-state index >= 15 is 0 Å². The van der Waals surface area contributed by atoms with Gasteiger partial charge in [0, 0.05) is 32.2 Å². The standard InChI is InChI=1S/C13H20N6O/c1-3-5-18-6-4-15-12(18)8-16-11-7-17-19(9-11)10-13(20)14-2/h4,6-7,9,16H,3,5,8,10H2,1-2H3,(H,14,20). The van der Waals surface area contributed by atoms with Crippen LogP contribution in [-0.2, 0) is 24.4 Å². The van der Waals surface area contributed by atoms with Crippen molar-refractivity contribution in [2.45, 2.75) is 33.0 Å². The molecule has 0 radical (unpaired) electrons. The van der Waals surface area contributed by atoms with Gasteiger partial charge < -0.3 is 15.2 Å². The number of imidazole rings is 1. The molecule has 0 aliphatic heterocycles. The Morgan fingerprint density at radius 2 is 2.30 bits per heavy atom. The van der Waals surface area contributed by atoms with Gasteiger partial charge in [0.15, 0.2) is 0 Å². The largest absolute Gasteiger partial charge is 0.375 e. The summed E-state index contributed by atoms with van der Waals surface area (Å²) in [5.41, 5.74) is 0.875. The maximum Gasteiger partial charge on any atom is 0.241 e. The number of rotatable bonds is 7. The van der Waals surface area contributed by atoms with Crippen LogP contribution in [-0.4, -0.2) is 32.3 Å². The highest BCUT2D eigenvalue weighted by atomic mass is 16.1. The molecule has 0 spiro atoms.